The molecule has 1 aliphatic heterocycles. The Hall–Kier alpha value is -2.61. The van der Waals surface area contributed by atoms with Crippen LogP contribution >= 0.6 is 11.6 Å². The van der Waals surface area contributed by atoms with Crippen molar-refractivity contribution in [2.45, 2.75) is 57.0 Å². The van der Waals surface area contributed by atoms with E-state index in [4.69, 9.17) is 11.6 Å². The van der Waals surface area contributed by atoms with Crippen molar-refractivity contribution in [1.82, 2.24) is 15.5 Å². The monoisotopic (exact) mass is 432 g/mol. The molecule has 30 heavy (non-hydrogen) atoms. The normalized spacial score (nSPS) is 25.9. The van der Waals surface area contributed by atoms with Crippen LogP contribution in [0.5, 0.6) is 0 Å². The van der Waals surface area contributed by atoms with E-state index >= 15 is 0 Å². The number of halogens is 1. The molecule has 0 unspecified atom stereocenters. The lowest BCUT2D eigenvalue weighted by molar-refractivity contribution is -0.135. The topological polar surface area (TPSA) is 108 Å². The molecule has 5 amide bonds. The minimum absolute atomic E-state index is 0.216. The number of hydrogen-bond acceptors (Lipinski definition) is 4. The maximum absolute atomic E-state index is 12.9. The molecule has 0 bridgehead atoms. The Morgan fingerprint density at radius 2 is 1.90 bits per heavy atom. The first-order valence-electron chi connectivity index (χ1n) is 10.3. The summed E-state index contributed by atoms with van der Waals surface area (Å²) < 4.78 is 0. The molecule has 1 heterocycles. The summed E-state index contributed by atoms with van der Waals surface area (Å²) in [6.45, 7) is 1.76. The molecule has 8 nitrogen and oxygen atoms in total. The average molecular weight is 433 g/mol. The largest absolute Gasteiger partial charge is 0.349 e. The Balaban J connectivity index is 1.37. The number of nitrogens with zero attached hydrogens (tertiary/aromatic N) is 1. The Labute approximate surface area is 179 Å². The number of hydrogen-bond donors (Lipinski definition) is 3. The number of carbonyl (C=O) groups excluding carboxylic acids is 4. The number of nitrogens with one attached hydrogen (secondary N) is 3. The summed E-state index contributed by atoms with van der Waals surface area (Å²) in [6.07, 6.45) is 4.87. The molecule has 2 saturated carbocycles. The van der Waals surface area contributed by atoms with Gasteiger partial charge < -0.3 is 16.0 Å². The molecular formula is C21H25ClN4O4. The maximum atomic E-state index is 12.9. The first kappa shape index (κ1) is 20.7. The average Bonchev–Trinajstić information content (AvgIpc) is 3.47. The van der Waals surface area contributed by atoms with Gasteiger partial charge in [-0.15, -0.1) is 0 Å². The minimum Gasteiger partial charge on any atom is -0.349 e. The standard InChI is InChI=1S/C21H25ClN4O4/c1-12-6-8-21(9-7-12)19(29)26(20(30)25-21)11-17(27)23-14-4-5-15(16(22)10-14)18(28)24-13-2-3-13/h4-5,10,12-13H,2-3,6-9,11H2,1H3,(H,23,27)(H,24,28)(H,25,30). The Morgan fingerprint density at radius 3 is 2.53 bits per heavy atom. The number of benzene rings is 1. The molecule has 3 aliphatic rings. The van der Waals surface area contributed by atoms with Crippen LogP contribution in [0.4, 0.5) is 10.5 Å². The molecule has 4 rings (SSSR count). The Morgan fingerprint density at radius 1 is 1.20 bits per heavy atom. The van der Waals surface area contributed by atoms with Crippen molar-refractivity contribution in [3.05, 3.63) is 28.8 Å². The van der Waals surface area contributed by atoms with Gasteiger partial charge in [0.15, 0.2) is 0 Å². The zero-order valence-corrected chi connectivity index (χ0v) is 17.6. The number of imide groups is 1. The molecule has 1 aromatic carbocycles. The van der Waals surface area contributed by atoms with Gasteiger partial charge in [0.1, 0.15) is 12.1 Å². The fourth-order valence-electron chi connectivity index (χ4n) is 4.03. The first-order chi connectivity index (χ1) is 14.3. The minimum atomic E-state index is -0.871. The van der Waals surface area contributed by atoms with Gasteiger partial charge in [0, 0.05) is 11.7 Å². The van der Waals surface area contributed by atoms with E-state index < -0.39 is 17.5 Å². The summed E-state index contributed by atoms with van der Waals surface area (Å²) in [7, 11) is 0. The van der Waals surface area contributed by atoms with E-state index in [0.717, 1.165) is 30.6 Å². The predicted octanol–water partition coefficient (Wildman–Crippen LogP) is 2.67. The lowest BCUT2D eigenvalue weighted by atomic mass is 9.77. The molecule has 2 aliphatic carbocycles. The molecule has 0 aromatic heterocycles. The number of urea groups is 1. The van der Waals surface area contributed by atoms with Crippen molar-refractivity contribution in [2.75, 3.05) is 11.9 Å². The van der Waals surface area contributed by atoms with E-state index in [-0.39, 0.29) is 29.4 Å². The van der Waals surface area contributed by atoms with E-state index in [2.05, 4.69) is 22.9 Å². The third-order valence-electron chi connectivity index (χ3n) is 6.09. The van der Waals surface area contributed by atoms with Crippen molar-refractivity contribution in [2.24, 2.45) is 5.92 Å². The molecule has 0 radical (unpaired) electrons. The van der Waals surface area contributed by atoms with E-state index in [1.54, 1.807) is 12.1 Å². The molecular weight excluding hydrogens is 408 g/mol. The Kier molecular flexibility index (Phi) is 5.44. The molecule has 1 spiro atoms. The van der Waals surface area contributed by atoms with Crippen LogP contribution in [0.15, 0.2) is 18.2 Å². The smallest absolute Gasteiger partial charge is 0.325 e. The molecule has 3 N–H and O–H groups in total. The molecule has 0 atom stereocenters. The van der Waals surface area contributed by atoms with E-state index in [1.165, 1.54) is 6.07 Å². The number of anilines is 1. The van der Waals surface area contributed by atoms with Gasteiger partial charge in [0.05, 0.1) is 10.6 Å². The molecule has 1 aromatic rings. The highest BCUT2D eigenvalue weighted by Crippen LogP contribution is 2.36. The highest BCUT2D eigenvalue weighted by molar-refractivity contribution is 6.34. The third-order valence-corrected chi connectivity index (χ3v) is 6.40. The van der Waals surface area contributed by atoms with Crippen molar-refractivity contribution in [3.8, 4) is 0 Å². The van der Waals surface area contributed by atoms with Gasteiger partial charge in [-0.05, 0) is 62.6 Å². The fourth-order valence-corrected chi connectivity index (χ4v) is 4.29. The first-order valence-corrected chi connectivity index (χ1v) is 10.7. The van der Waals surface area contributed by atoms with E-state index in [1.807, 2.05) is 0 Å². The second-order valence-corrected chi connectivity index (χ2v) is 8.98. The second kappa shape index (κ2) is 7.91. The summed E-state index contributed by atoms with van der Waals surface area (Å²) in [6, 6.07) is 4.28. The summed E-state index contributed by atoms with van der Waals surface area (Å²) in [5.41, 5.74) is -0.144. The van der Waals surface area contributed by atoms with Crippen LogP contribution in [0, 0.1) is 5.92 Å². The maximum Gasteiger partial charge on any atom is 0.325 e. The summed E-state index contributed by atoms with van der Waals surface area (Å²) in [5, 5.41) is 8.52. The van der Waals surface area contributed by atoms with Crippen molar-refractivity contribution >= 4 is 41.0 Å². The SMILES string of the molecule is CC1CCC2(CC1)NC(=O)N(CC(=O)Nc1ccc(C(=O)NC3CC3)c(Cl)c1)C2=O. The van der Waals surface area contributed by atoms with Crippen LogP contribution < -0.4 is 16.0 Å². The molecule has 1 saturated heterocycles. The highest BCUT2D eigenvalue weighted by Gasteiger charge is 2.52. The summed E-state index contributed by atoms with van der Waals surface area (Å²) in [4.78, 5) is 50.8. The van der Waals surface area contributed by atoms with Gasteiger partial charge in [-0.2, -0.15) is 0 Å². The van der Waals surface area contributed by atoms with Crippen LogP contribution in [-0.4, -0.2) is 46.8 Å². The quantitative estimate of drug-likeness (QED) is 0.621. The second-order valence-electron chi connectivity index (χ2n) is 8.58. The molecule has 9 heteroatoms. The van der Waals surface area contributed by atoms with Gasteiger partial charge in [-0.1, -0.05) is 18.5 Å². The number of amides is 5. The van der Waals surface area contributed by atoms with Crippen LogP contribution in [-0.2, 0) is 9.59 Å². The fraction of sp³-hybridized carbons (Fsp3) is 0.524. The van der Waals surface area contributed by atoms with Crippen LogP contribution in [0.1, 0.15) is 55.8 Å². The van der Waals surface area contributed by atoms with Gasteiger partial charge in [0.25, 0.3) is 11.8 Å². The molecule has 160 valence electrons. The van der Waals surface area contributed by atoms with Gasteiger partial charge in [0.2, 0.25) is 5.91 Å². The summed E-state index contributed by atoms with van der Waals surface area (Å²) in [5.74, 6) is -0.561. The van der Waals surface area contributed by atoms with Gasteiger partial charge in [-0.3, -0.25) is 19.3 Å². The van der Waals surface area contributed by atoms with Gasteiger partial charge >= 0.3 is 6.03 Å². The zero-order valence-electron chi connectivity index (χ0n) is 16.8. The van der Waals surface area contributed by atoms with Crippen LogP contribution in [0.25, 0.3) is 0 Å². The van der Waals surface area contributed by atoms with E-state index in [0.29, 0.717) is 30.0 Å². The molecule has 3 fully saturated rings. The predicted molar refractivity (Wildman–Crippen MR) is 111 cm³/mol. The van der Waals surface area contributed by atoms with Crippen LogP contribution in [0.3, 0.4) is 0 Å². The third kappa shape index (κ3) is 4.14. The number of rotatable bonds is 5. The van der Waals surface area contributed by atoms with E-state index in [9.17, 15) is 19.2 Å². The lowest BCUT2D eigenvalue weighted by Gasteiger charge is -2.33. The van der Waals surface area contributed by atoms with Crippen molar-refractivity contribution < 1.29 is 19.2 Å². The number of carbonyl (C=O) groups is 4. The summed E-state index contributed by atoms with van der Waals surface area (Å²) >= 11 is 6.20. The zero-order chi connectivity index (χ0) is 21.5. The van der Waals surface area contributed by atoms with Gasteiger partial charge in [-0.25, -0.2) is 4.79 Å². The van der Waals surface area contributed by atoms with Crippen LogP contribution in [0.2, 0.25) is 5.02 Å². The Bertz CT molecular complexity index is 906. The van der Waals surface area contributed by atoms with Crippen molar-refractivity contribution in [3.63, 3.8) is 0 Å². The van der Waals surface area contributed by atoms with Crippen molar-refractivity contribution in [1.29, 1.82) is 0 Å². The highest BCUT2D eigenvalue weighted by atomic mass is 35.5. The lowest BCUT2D eigenvalue weighted by Crippen LogP contribution is -2.49.